The number of ether oxygens (including phenoxy) is 1. The van der Waals surface area contributed by atoms with Gasteiger partial charge in [0.25, 0.3) is 0 Å². The molecule has 1 aromatic carbocycles. The summed E-state index contributed by atoms with van der Waals surface area (Å²) in [5.74, 6) is 0.765. The lowest BCUT2D eigenvalue weighted by Crippen LogP contribution is -2.30. The molecular formula is C14H21N3O3. The zero-order valence-corrected chi connectivity index (χ0v) is 11.6. The molecule has 6 nitrogen and oxygen atoms in total. The minimum absolute atomic E-state index is 0.00750. The van der Waals surface area contributed by atoms with Crippen LogP contribution < -0.4 is 21.1 Å². The van der Waals surface area contributed by atoms with Crippen LogP contribution in [-0.4, -0.2) is 25.6 Å². The quantitative estimate of drug-likeness (QED) is 0.623. The van der Waals surface area contributed by atoms with Gasteiger partial charge in [-0.3, -0.25) is 4.79 Å². The molecule has 6 heteroatoms. The number of primary amides is 1. The number of hydrogen-bond acceptors (Lipinski definition) is 3. The van der Waals surface area contributed by atoms with Gasteiger partial charge in [-0.05, 0) is 30.5 Å². The van der Waals surface area contributed by atoms with Crippen molar-refractivity contribution in [3.63, 3.8) is 0 Å². The van der Waals surface area contributed by atoms with E-state index in [1.54, 1.807) is 7.11 Å². The lowest BCUT2D eigenvalue weighted by molar-refractivity contribution is -0.121. The minimum atomic E-state index is -0.535. The monoisotopic (exact) mass is 279 g/mol. The standard InChI is InChI=1S/C14H21N3O3/c1-20-12-6-4-5-11(9-12)10-17-13(18)7-2-3-8-16-14(15)19/h4-6,9H,2-3,7-8,10H2,1H3,(H,17,18)(H3,15,16,19). The van der Waals surface area contributed by atoms with E-state index in [4.69, 9.17) is 10.5 Å². The van der Waals surface area contributed by atoms with Gasteiger partial charge in [0.1, 0.15) is 5.75 Å². The van der Waals surface area contributed by atoms with Crippen molar-refractivity contribution in [1.29, 1.82) is 0 Å². The Morgan fingerprint density at radius 1 is 1.25 bits per heavy atom. The van der Waals surface area contributed by atoms with E-state index in [1.165, 1.54) is 0 Å². The molecule has 0 aromatic heterocycles. The van der Waals surface area contributed by atoms with Gasteiger partial charge in [-0.25, -0.2) is 4.79 Å². The molecule has 0 spiro atoms. The number of nitrogens with two attached hydrogens (primary N) is 1. The van der Waals surface area contributed by atoms with E-state index in [0.29, 0.717) is 25.9 Å². The predicted octanol–water partition coefficient (Wildman–Crippen LogP) is 1.15. The Kier molecular flexibility index (Phi) is 6.95. The highest BCUT2D eigenvalue weighted by Crippen LogP contribution is 2.12. The maximum absolute atomic E-state index is 11.6. The predicted molar refractivity (Wildman–Crippen MR) is 76.3 cm³/mol. The highest BCUT2D eigenvalue weighted by atomic mass is 16.5. The minimum Gasteiger partial charge on any atom is -0.497 e. The van der Waals surface area contributed by atoms with Crippen molar-refractivity contribution in [3.8, 4) is 5.75 Å². The molecule has 0 unspecified atom stereocenters. The zero-order valence-electron chi connectivity index (χ0n) is 11.6. The fraction of sp³-hybridized carbons (Fsp3) is 0.429. The first-order valence-corrected chi connectivity index (χ1v) is 6.54. The van der Waals surface area contributed by atoms with Gasteiger partial charge in [0, 0.05) is 19.5 Å². The van der Waals surface area contributed by atoms with Gasteiger partial charge in [-0.15, -0.1) is 0 Å². The number of benzene rings is 1. The van der Waals surface area contributed by atoms with Crippen LogP contribution in [0.3, 0.4) is 0 Å². The van der Waals surface area contributed by atoms with Crippen LogP contribution in [0.4, 0.5) is 4.79 Å². The van der Waals surface area contributed by atoms with Gasteiger partial charge >= 0.3 is 6.03 Å². The Labute approximate surface area is 118 Å². The molecule has 1 rings (SSSR count). The second-order valence-electron chi connectivity index (χ2n) is 4.38. The van der Waals surface area contributed by atoms with Crippen LogP contribution in [0.1, 0.15) is 24.8 Å². The number of nitrogens with one attached hydrogen (secondary N) is 2. The summed E-state index contributed by atoms with van der Waals surface area (Å²) in [6, 6.07) is 7.02. The lowest BCUT2D eigenvalue weighted by atomic mass is 10.2. The fourth-order valence-corrected chi connectivity index (χ4v) is 1.69. The smallest absolute Gasteiger partial charge is 0.312 e. The number of carbonyl (C=O) groups excluding carboxylic acids is 2. The highest BCUT2D eigenvalue weighted by Gasteiger charge is 2.02. The Morgan fingerprint density at radius 2 is 2.05 bits per heavy atom. The second kappa shape index (κ2) is 8.79. The largest absolute Gasteiger partial charge is 0.497 e. The third-order valence-corrected chi connectivity index (χ3v) is 2.75. The maximum atomic E-state index is 11.6. The van der Waals surface area contributed by atoms with E-state index >= 15 is 0 Å². The Balaban J connectivity index is 2.17. The van der Waals surface area contributed by atoms with Gasteiger partial charge in [0.15, 0.2) is 0 Å². The molecular weight excluding hydrogens is 258 g/mol. The molecule has 110 valence electrons. The molecule has 20 heavy (non-hydrogen) atoms. The zero-order chi connectivity index (χ0) is 14.8. The van der Waals surface area contributed by atoms with Crippen molar-refractivity contribution in [2.45, 2.75) is 25.8 Å². The molecule has 0 saturated carbocycles. The molecule has 0 saturated heterocycles. The number of amides is 3. The van der Waals surface area contributed by atoms with E-state index in [9.17, 15) is 9.59 Å². The number of urea groups is 1. The van der Waals surface area contributed by atoms with Crippen LogP contribution in [0, 0.1) is 0 Å². The first kappa shape index (κ1) is 15.8. The van der Waals surface area contributed by atoms with Crippen LogP contribution in [0.2, 0.25) is 0 Å². The first-order chi connectivity index (χ1) is 9.61. The highest BCUT2D eigenvalue weighted by molar-refractivity contribution is 5.75. The van der Waals surface area contributed by atoms with Crippen molar-refractivity contribution in [1.82, 2.24) is 10.6 Å². The molecule has 0 radical (unpaired) electrons. The van der Waals surface area contributed by atoms with Crippen molar-refractivity contribution >= 4 is 11.9 Å². The third kappa shape index (κ3) is 6.63. The lowest BCUT2D eigenvalue weighted by Gasteiger charge is -2.07. The van der Waals surface area contributed by atoms with Crippen LogP contribution in [-0.2, 0) is 11.3 Å². The number of methoxy groups -OCH3 is 1. The van der Waals surface area contributed by atoms with E-state index in [1.807, 2.05) is 24.3 Å². The number of rotatable bonds is 8. The normalized spacial score (nSPS) is 9.85. The SMILES string of the molecule is COc1cccc(CNC(=O)CCCCNC(N)=O)c1. The average Bonchev–Trinajstić information content (AvgIpc) is 2.44. The molecule has 4 N–H and O–H groups in total. The Hall–Kier alpha value is -2.24. The third-order valence-electron chi connectivity index (χ3n) is 2.75. The van der Waals surface area contributed by atoms with E-state index in [2.05, 4.69) is 10.6 Å². The van der Waals surface area contributed by atoms with Crippen molar-refractivity contribution in [3.05, 3.63) is 29.8 Å². The number of carbonyl (C=O) groups is 2. The van der Waals surface area contributed by atoms with Crippen molar-refractivity contribution < 1.29 is 14.3 Å². The first-order valence-electron chi connectivity index (χ1n) is 6.54. The maximum Gasteiger partial charge on any atom is 0.312 e. The summed E-state index contributed by atoms with van der Waals surface area (Å²) < 4.78 is 5.12. The molecule has 0 aliphatic carbocycles. The van der Waals surface area contributed by atoms with E-state index in [-0.39, 0.29) is 5.91 Å². The summed E-state index contributed by atoms with van der Waals surface area (Å²) in [6.45, 7) is 0.980. The Morgan fingerprint density at radius 3 is 2.75 bits per heavy atom. The Bertz CT molecular complexity index is 449. The van der Waals surface area contributed by atoms with Crippen LogP contribution >= 0.6 is 0 Å². The van der Waals surface area contributed by atoms with Crippen LogP contribution in [0.15, 0.2) is 24.3 Å². The molecule has 1 aromatic rings. The summed E-state index contributed by atoms with van der Waals surface area (Å²) in [6.07, 6.45) is 1.88. The summed E-state index contributed by atoms with van der Waals surface area (Å²) in [4.78, 5) is 22.0. The van der Waals surface area contributed by atoms with Gasteiger partial charge in [-0.2, -0.15) is 0 Å². The summed E-state index contributed by atoms with van der Waals surface area (Å²) in [5, 5.41) is 5.33. The van der Waals surface area contributed by atoms with Crippen LogP contribution in [0.5, 0.6) is 5.75 Å². The van der Waals surface area contributed by atoms with E-state index in [0.717, 1.165) is 17.7 Å². The van der Waals surface area contributed by atoms with Gasteiger partial charge < -0.3 is 21.1 Å². The fourth-order valence-electron chi connectivity index (χ4n) is 1.69. The molecule has 3 amide bonds. The number of hydrogen-bond donors (Lipinski definition) is 3. The molecule has 0 aliphatic rings. The molecule has 0 heterocycles. The number of unbranched alkanes of at least 4 members (excludes halogenated alkanes) is 1. The summed E-state index contributed by atoms with van der Waals surface area (Å²) in [5.41, 5.74) is 5.92. The summed E-state index contributed by atoms with van der Waals surface area (Å²) in [7, 11) is 1.61. The molecule has 0 atom stereocenters. The van der Waals surface area contributed by atoms with Crippen molar-refractivity contribution in [2.24, 2.45) is 5.73 Å². The van der Waals surface area contributed by atoms with Gasteiger partial charge in [-0.1, -0.05) is 12.1 Å². The molecule has 0 aliphatic heterocycles. The van der Waals surface area contributed by atoms with Crippen molar-refractivity contribution in [2.75, 3.05) is 13.7 Å². The van der Waals surface area contributed by atoms with E-state index < -0.39 is 6.03 Å². The van der Waals surface area contributed by atoms with Gasteiger partial charge in [0.2, 0.25) is 5.91 Å². The molecule has 0 bridgehead atoms. The topological polar surface area (TPSA) is 93.4 Å². The average molecular weight is 279 g/mol. The van der Waals surface area contributed by atoms with Gasteiger partial charge in [0.05, 0.1) is 7.11 Å². The molecule has 0 fully saturated rings. The summed E-state index contributed by atoms with van der Waals surface area (Å²) >= 11 is 0. The van der Waals surface area contributed by atoms with Crippen LogP contribution in [0.25, 0.3) is 0 Å². The second-order valence-corrected chi connectivity index (χ2v) is 4.38.